The van der Waals surface area contributed by atoms with Crippen molar-refractivity contribution in [3.8, 4) is 0 Å². The molecular formula is C19H24N4O3. The molecule has 2 aliphatic rings. The van der Waals surface area contributed by atoms with Crippen molar-refractivity contribution in [2.75, 3.05) is 26.2 Å². The van der Waals surface area contributed by atoms with Crippen LogP contribution in [-0.4, -0.2) is 62.9 Å². The number of hydrogen-bond donors (Lipinski definition) is 1. The molecule has 7 heteroatoms. The van der Waals surface area contributed by atoms with E-state index < -0.39 is 0 Å². The summed E-state index contributed by atoms with van der Waals surface area (Å²) in [5.74, 6) is 0.771. The molecule has 2 aromatic rings. The van der Waals surface area contributed by atoms with E-state index in [0.717, 1.165) is 36.3 Å². The maximum Gasteiger partial charge on any atom is 0.275 e. The average molecular weight is 356 g/mol. The van der Waals surface area contributed by atoms with Crippen molar-refractivity contribution in [1.82, 2.24) is 19.6 Å². The van der Waals surface area contributed by atoms with Gasteiger partial charge in [-0.3, -0.25) is 14.4 Å². The summed E-state index contributed by atoms with van der Waals surface area (Å²) in [4.78, 5) is 17.1. The molecule has 1 saturated heterocycles. The lowest BCUT2D eigenvalue weighted by Gasteiger charge is -2.26. The number of aliphatic hydroxyl groups is 1. The van der Waals surface area contributed by atoms with Crippen LogP contribution in [0.4, 0.5) is 0 Å². The number of furan rings is 1. The first kappa shape index (κ1) is 17.1. The van der Waals surface area contributed by atoms with Gasteiger partial charge in [0, 0.05) is 57.1 Å². The zero-order chi connectivity index (χ0) is 18.1. The van der Waals surface area contributed by atoms with E-state index in [4.69, 9.17) is 4.42 Å². The molecule has 0 bridgehead atoms. The molecule has 26 heavy (non-hydrogen) atoms. The zero-order valence-corrected chi connectivity index (χ0v) is 15.0. The summed E-state index contributed by atoms with van der Waals surface area (Å²) >= 11 is 0. The first-order valence-corrected chi connectivity index (χ1v) is 9.05. The van der Waals surface area contributed by atoms with E-state index >= 15 is 0 Å². The van der Waals surface area contributed by atoms with Gasteiger partial charge in [-0.15, -0.1) is 0 Å². The number of amides is 1. The molecule has 1 amide bonds. The number of likely N-dealkylation sites (tertiary alicyclic amines) is 1. The van der Waals surface area contributed by atoms with Crippen LogP contribution in [0.5, 0.6) is 0 Å². The highest BCUT2D eigenvalue weighted by Crippen LogP contribution is 2.23. The first-order valence-electron chi connectivity index (χ1n) is 9.05. The van der Waals surface area contributed by atoms with E-state index in [1.54, 1.807) is 10.9 Å². The molecule has 4 rings (SSSR count). The number of aryl methyl sites for hydroxylation is 1. The molecule has 1 N–H and O–H groups in total. The van der Waals surface area contributed by atoms with Crippen LogP contribution in [-0.2, 0) is 13.6 Å². The quantitative estimate of drug-likeness (QED) is 0.899. The van der Waals surface area contributed by atoms with Gasteiger partial charge in [-0.2, -0.15) is 5.10 Å². The minimum Gasteiger partial charge on any atom is -0.465 e. The van der Waals surface area contributed by atoms with Gasteiger partial charge in [-0.05, 0) is 25.0 Å². The van der Waals surface area contributed by atoms with E-state index in [2.05, 4.69) is 16.1 Å². The maximum atomic E-state index is 13.1. The zero-order valence-electron chi connectivity index (χ0n) is 15.0. The Kier molecular flexibility index (Phi) is 4.65. The molecule has 2 aromatic heterocycles. The van der Waals surface area contributed by atoms with Crippen LogP contribution < -0.4 is 0 Å². The Morgan fingerprint density at radius 2 is 2.31 bits per heavy atom. The van der Waals surface area contributed by atoms with Crippen molar-refractivity contribution in [3.05, 3.63) is 47.7 Å². The van der Waals surface area contributed by atoms with Gasteiger partial charge in [-0.1, -0.05) is 6.08 Å². The van der Waals surface area contributed by atoms with Crippen molar-refractivity contribution in [2.45, 2.75) is 25.5 Å². The second-order valence-electron chi connectivity index (χ2n) is 7.08. The Morgan fingerprint density at radius 1 is 1.42 bits per heavy atom. The second-order valence-corrected chi connectivity index (χ2v) is 7.08. The molecule has 7 nitrogen and oxygen atoms in total. The van der Waals surface area contributed by atoms with Crippen LogP contribution >= 0.6 is 0 Å². The largest absolute Gasteiger partial charge is 0.465 e. The second kappa shape index (κ2) is 7.09. The molecule has 138 valence electrons. The van der Waals surface area contributed by atoms with Gasteiger partial charge in [0.25, 0.3) is 5.91 Å². The SMILES string of the molecule is Cn1cc(CN2CCC(O)C2)c(C(=O)N2CCC=C(c3ccco3)C2)n1. The highest BCUT2D eigenvalue weighted by Gasteiger charge is 2.28. The molecule has 1 atom stereocenters. The molecule has 4 heterocycles. The minimum atomic E-state index is -0.270. The Labute approximate surface area is 152 Å². The van der Waals surface area contributed by atoms with Crippen LogP contribution in [0.1, 0.15) is 34.7 Å². The Hall–Kier alpha value is -2.38. The Balaban J connectivity index is 1.50. The van der Waals surface area contributed by atoms with Gasteiger partial charge in [0.1, 0.15) is 5.76 Å². The van der Waals surface area contributed by atoms with Crippen LogP contribution in [0.2, 0.25) is 0 Å². The number of rotatable bonds is 4. The van der Waals surface area contributed by atoms with E-state index in [1.165, 1.54) is 0 Å². The fourth-order valence-corrected chi connectivity index (χ4v) is 3.74. The van der Waals surface area contributed by atoms with E-state index in [1.807, 2.05) is 30.3 Å². The van der Waals surface area contributed by atoms with E-state index in [0.29, 0.717) is 31.9 Å². The lowest BCUT2D eigenvalue weighted by Crippen LogP contribution is -2.36. The first-order chi connectivity index (χ1) is 12.6. The summed E-state index contributed by atoms with van der Waals surface area (Å²) in [7, 11) is 1.84. The number of hydrogen-bond acceptors (Lipinski definition) is 5. The molecular weight excluding hydrogens is 332 g/mol. The van der Waals surface area contributed by atoms with Gasteiger partial charge < -0.3 is 14.4 Å². The van der Waals surface area contributed by atoms with Crippen molar-refractivity contribution in [2.24, 2.45) is 7.05 Å². The maximum absolute atomic E-state index is 13.1. The molecule has 2 aliphatic heterocycles. The number of carbonyl (C=O) groups excluding carboxylic acids is 1. The monoisotopic (exact) mass is 356 g/mol. The Morgan fingerprint density at radius 3 is 3.04 bits per heavy atom. The highest BCUT2D eigenvalue weighted by molar-refractivity contribution is 5.94. The third-order valence-corrected chi connectivity index (χ3v) is 5.02. The normalized spacial score (nSPS) is 21.2. The Bertz CT molecular complexity index is 809. The summed E-state index contributed by atoms with van der Waals surface area (Å²) in [5, 5.41) is 14.2. The minimum absolute atomic E-state index is 0.0440. The van der Waals surface area contributed by atoms with E-state index in [-0.39, 0.29) is 12.0 Å². The number of nitrogens with zero attached hydrogens (tertiary/aromatic N) is 4. The third kappa shape index (κ3) is 3.45. The summed E-state index contributed by atoms with van der Waals surface area (Å²) in [6, 6.07) is 3.78. The van der Waals surface area contributed by atoms with Crippen LogP contribution in [0.3, 0.4) is 0 Å². The van der Waals surface area contributed by atoms with Crippen molar-refractivity contribution in [3.63, 3.8) is 0 Å². The molecule has 0 saturated carbocycles. The fraction of sp³-hybridized carbons (Fsp3) is 0.474. The number of aromatic nitrogens is 2. The number of carbonyl (C=O) groups is 1. The van der Waals surface area contributed by atoms with Gasteiger partial charge in [-0.25, -0.2) is 0 Å². The molecule has 1 unspecified atom stereocenters. The highest BCUT2D eigenvalue weighted by atomic mass is 16.3. The summed E-state index contributed by atoms with van der Waals surface area (Å²) < 4.78 is 7.17. The van der Waals surface area contributed by atoms with Crippen LogP contribution in [0, 0.1) is 0 Å². The van der Waals surface area contributed by atoms with Gasteiger partial charge in [0.2, 0.25) is 0 Å². The van der Waals surface area contributed by atoms with Gasteiger partial charge in [0.05, 0.1) is 12.4 Å². The predicted molar refractivity (Wildman–Crippen MR) is 96.3 cm³/mol. The molecule has 1 fully saturated rings. The van der Waals surface area contributed by atoms with Crippen LogP contribution in [0.15, 0.2) is 35.1 Å². The fourth-order valence-electron chi connectivity index (χ4n) is 3.74. The molecule has 0 aromatic carbocycles. The van der Waals surface area contributed by atoms with Crippen molar-refractivity contribution in [1.29, 1.82) is 0 Å². The van der Waals surface area contributed by atoms with Gasteiger partial charge >= 0.3 is 0 Å². The van der Waals surface area contributed by atoms with Crippen molar-refractivity contribution >= 4 is 11.5 Å². The summed E-state index contributed by atoms with van der Waals surface area (Å²) in [6.45, 7) is 3.35. The van der Waals surface area contributed by atoms with Crippen molar-refractivity contribution < 1.29 is 14.3 Å². The van der Waals surface area contributed by atoms with E-state index in [9.17, 15) is 9.90 Å². The third-order valence-electron chi connectivity index (χ3n) is 5.02. The lowest BCUT2D eigenvalue weighted by atomic mass is 10.1. The number of aliphatic hydroxyl groups excluding tert-OH is 1. The van der Waals surface area contributed by atoms with Gasteiger partial charge in [0.15, 0.2) is 5.69 Å². The lowest BCUT2D eigenvalue weighted by molar-refractivity contribution is 0.0765. The standard InChI is InChI=1S/C19H24N4O3/c1-21-10-15(11-22-8-6-16(24)13-22)18(20-21)19(25)23-7-2-4-14(12-23)17-5-3-9-26-17/h3-5,9-10,16,24H,2,6-8,11-13H2,1H3. The average Bonchev–Trinajstić information content (AvgIpc) is 3.37. The number of β-amino-alcohol motifs (C(OH)–C–C–N with tert-alkyl or cyclic N) is 1. The molecule has 0 aliphatic carbocycles. The molecule has 0 radical (unpaired) electrons. The molecule has 0 spiro atoms. The summed E-state index contributed by atoms with van der Waals surface area (Å²) in [6.07, 6.45) is 7.01. The predicted octanol–water partition coefficient (Wildman–Crippen LogP) is 1.51. The smallest absolute Gasteiger partial charge is 0.275 e. The summed E-state index contributed by atoms with van der Waals surface area (Å²) in [5.41, 5.74) is 2.46. The van der Waals surface area contributed by atoms with Crippen LogP contribution in [0.25, 0.3) is 5.57 Å². The topological polar surface area (TPSA) is 74.7 Å².